The van der Waals surface area contributed by atoms with Gasteiger partial charge in [-0.3, -0.25) is 9.39 Å². The normalized spacial score (nSPS) is 12.7. The van der Waals surface area contributed by atoms with Gasteiger partial charge in [-0.1, -0.05) is 6.07 Å². The molecule has 6 nitrogen and oxygen atoms in total. The zero-order chi connectivity index (χ0) is 17.6. The second-order valence-electron chi connectivity index (χ2n) is 6.06. The molecule has 3 aromatic heterocycles. The molecule has 1 unspecified atom stereocenters. The molecule has 0 saturated carbocycles. The summed E-state index contributed by atoms with van der Waals surface area (Å²) in [7, 11) is 1.80. The first-order valence-electron chi connectivity index (χ1n) is 8.47. The quantitative estimate of drug-likeness (QED) is 0.321. The van der Waals surface area contributed by atoms with Crippen LogP contribution in [0.15, 0.2) is 41.5 Å². The van der Waals surface area contributed by atoms with Crippen molar-refractivity contribution < 1.29 is 0 Å². The van der Waals surface area contributed by atoms with Gasteiger partial charge < -0.3 is 10.6 Å². The van der Waals surface area contributed by atoms with E-state index in [1.54, 1.807) is 7.05 Å². The molecule has 26 heavy (non-hydrogen) atoms. The van der Waals surface area contributed by atoms with Crippen molar-refractivity contribution in [1.82, 2.24) is 25.2 Å². The number of guanidine groups is 1. The van der Waals surface area contributed by atoms with Gasteiger partial charge in [0.15, 0.2) is 11.6 Å². The monoisotopic (exact) mass is 484 g/mol. The van der Waals surface area contributed by atoms with Gasteiger partial charge in [-0.05, 0) is 38.1 Å². The van der Waals surface area contributed by atoms with Gasteiger partial charge in [0.25, 0.3) is 0 Å². The molecule has 0 amide bonds. The van der Waals surface area contributed by atoms with E-state index in [0.29, 0.717) is 6.04 Å². The summed E-state index contributed by atoms with van der Waals surface area (Å²) in [6.07, 6.45) is 3.77. The molecule has 8 heteroatoms. The predicted octanol–water partition coefficient (Wildman–Crippen LogP) is 3.06. The number of rotatable bonds is 6. The van der Waals surface area contributed by atoms with E-state index in [1.165, 1.54) is 9.75 Å². The van der Waals surface area contributed by atoms with Gasteiger partial charge in [0.05, 0.1) is 0 Å². The van der Waals surface area contributed by atoms with E-state index in [4.69, 9.17) is 0 Å². The Labute approximate surface area is 175 Å². The van der Waals surface area contributed by atoms with Crippen LogP contribution < -0.4 is 10.6 Å². The highest BCUT2D eigenvalue weighted by Crippen LogP contribution is 2.16. The van der Waals surface area contributed by atoms with Crippen LogP contribution in [-0.2, 0) is 12.8 Å². The van der Waals surface area contributed by atoms with E-state index >= 15 is 0 Å². The van der Waals surface area contributed by atoms with E-state index in [1.807, 2.05) is 40.1 Å². The lowest BCUT2D eigenvalue weighted by Gasteiger charge is -2.17. The van der Waals surface area contributed by atoms with E-state index in [9.17, 15) is 0 Å². The maximum absolute atomic E-state index is 4.31. The molecule has 0 radical (unpaired) electrons. The molecule has 0 spiro atoms. The Hall–Kier alpha value is -1.68. The Morgan fingerprint density at radius 1 is 1.27 bits per heavy atom. The third-order valence-electron chi connectivity index (χ3n) is 3.94. The maximum Gasteiger partial charge on any atom is 0.191 e. The van der Waals surface area contributed by atoms with Gasteiger partial charge in [0.2, 0.25) is 0 Å². The minimum Gasteiger partial charge on any atom is -0.356 e. The number of aliphatic imine (C=N–C) groups is 1. The molecule has 0 aliphatic heterocycles. The van der Waals surface area contributed by atoms with E-state index in [-0.39, 0.29) is 24.0 Å². The smallest absolute Gasteiger partial charge is 0.191 e. The lowest BCUT2D eigenvalue weighted by molar-refractivity contribution is 0.642. The molecule has 0 bridgehead atoms. The first-order valence-corrected chi connectivity index (χ1v) is 9.28. The SMILES string of the molecule is CN=C(NCCc1nnc2ccccn12)NC(C)Cc1ccc(C)s1.I. The van der Waals surface area contributed by atoms with Crippen molar-refractivity contribution in [3.63, 3.8) is 0 Å². The molecule has 0 aliphatic carbocycles. The van der Waals surface area contributed by atoms with Crippen LogP contribution in [0, 0.1) is 6.92 Å². The molecule has 0 aliphatic rings. The minimum absolute atomic E-state index is 0. The van der Waals surface area contributed by atoms with Gasteiger partial charge in [-0.15, -0.1) is 45.5 Å². The summed E-state index contributed by atoms with van der Waals surface area (Å²) in [5.74, 6) is 1.76. The summed E-state index contributed by atoms with van der Waals surface area (Å²) in [4.78, 5) is 7.05. The Morgan fingerprint density at radius 3 is 2.85 bits per heavy atom. The highest BCUT2D eigenvalue weighted by molar-refractivity contribution is 14.0. The van der Waals surface area contributed by atoms with Gasteiger partial charge in [-0.25, -0.2) is 0 Å². The van der Waals surface area contributed by atoms with Crippen LogP contribution in [0.25, 0.3) is 5.65 Å². The maximum atomic E-state index is 4.31. The van der Waals surface area contributed by atoms with Crippen LogP contribution in [0.4, 0.5) is 0 Å². The summed E-state index contributed by atoms with van der Waals surface area (Å²) >= 11 is 1.85. The Kier molecular flexibility index (Phi) is 7.83. The Balaban J connectivity index is 0.00000243. The van der Waals surface area contributed by atoms with Gasteiger partial charge in [0.1, 0.15) is 5.82 Å². The van der Waals surface area contributed by atoms with Crippen LogP contribution in [-0.4, -0.2) is 40.2 Å². The zero-order valence-corrected chi connectivity index (χ0v) is 18.4. The van der Waals surface area contributed by atoms with Crippen LogP contribution in [0.5, 0.6) is 0 Å². The zero-order valence-electron chi connectivity index (χ0n) is 15.3. The minimum atomic E-state index is 0. The lowest BCUT2D eigenvalue weighted by atomic mass is 10.2. The molecule has 0 aromatic carbocycles. The van der Waals surface area contributed by atoms with Crippen LogP contribution in [0.2, 0.25) is 0 Å². The van der Waals surface area contributed by atoms with Crippen LogP contribution in [0.3, 0.4) is 0 Å². The number of fused-ring (bicyclic) bond motifs is 1. The molecule has 3 aromatic rings. The second kappa shape index (κ2) is 9.86. The first kappa shape index (κ1) is 20.6. The number of aryl methyl sites for hydroxylation is 1. The van der Waals surface area contributed by atoms with Crippen LogP contribution in [0.1, 0.15) is 22.5 Å². The summed E-state index contributed by atoms with van der Waals surface area (Å²) < 4.78 is 2.01. The Bertz CT molecular complexity index is 856. The average Bonchev–Trinajstić information content (AvgIpc) is 3.20. The number of aromatic nitrogens is 3. The summed E-state index contributed by atoms with van der Waals surface area (Å²) in [5.41, 5.74) is 0.875. The molecular formula is C18H25IN6S. The van der Waals surface area contributed by atoms with Gasteiger partial charge in [0, 0.05) is 48.4 Å². The number of thiophene rings is 1. The summed E-state index contributed by atoms with van der Waals surface area (Å²) in [6.45, 7) is 5.06. The topological polar surface area (TPSA) is 66.6 Å². The van der Waals surface area contributed by atoms with Crippen molar-refractivity contribution >= 4 is 46.9 Å². The highest BCUT2D eigenvalue weighted by Gasteiger charge is 2.09. The molecule has 0 fully saturated rings. The fraction of sp³-hybridized carbons (Fsp3) is 0.389. The molecule has 140 valence electrons. The summed E-state index contributed by atoms with van der Waals surface area (Å²) in [6, 6.07) is 10.6. The third-order valence-corrected chi connectivity index (χ3v) is 4.96. The fourth-order valence-corrected chi connectivity index (χ4v) is 3.75. The molecule has 3 heterocycles. The lowest BCUT2D eigenvalue weighted by Crippen LogP contribution is -2.43. The highest BCUT2D eigenvalue weighted by atomic mass is 127. The number of pyridine rings is 1. The average molecular weight is 484 g/mol. The molecular weight excluding hydrogens is 459 g/mol. The van der Waals surface area contributed by atoms with Gasteiger partial charge >= 0.3 is 0 Å². The van der Waals surface area contributed by atoms with Crippen molar-refractivity contribution in [2.24, 2.45) is 4.99 Å². The standard InChI is InChI=1S/C18H24N6S.HI/c1-13(12-15-8-7-14(2)25-15)21-18(19-3)20-10-9-17-23-22-16-6-4-5-11-24(16)17;/h4-8,11,13H,9-10,12H2,1-3H3,(H2,19,20,21);1H. The van der Waals surface area contributed by atoms with Crippen molar-refractivity contribution in [2.75, 3.05) is 13.6 Å². The second-order valence-corrected chi connectivity index (χ2v) is 7.43. The number of halogens is 1. The summed E-state index contributed by atoms with van der Waals surface area (Å²) in [5, 5.41) is 15.2. The predicted molar refractivity (Wildman–Crippen MR) is 119 cm³/mol. The molecule has 0 saturated heterocycles. The van der Waals surface area contributed by atoms with E-state index in [2.05, 4.69) is 51.8 Å². The van der Waals surface area contributed by atoms with Crippen molar-refractivity contribution in [2.45, 2.75) is 32.7 Å². The van der Waals surface area contributed by atoms with Crippen molar-refractivity contribution in [1.29, 1.82) is 0 Å². The van der Waals surface area contributed by atoms with Crippen molar-refractivity contribution in [3.05, 3.63) is 52.1 Å². The van der Waals surface area contributed by atoms with Crippen LogP contribution >= 0.6 is 35.3 Å². The van der Waals surface area contributed by atoms with Gasteiger partial charge in [-0.2, -0.15) is 0 Å². The number of nitrogens with zero attached hydrogens (tertiary/aromatic N) is 4. The van der Waals surface area contributed by atoms with E-state index < -0.39 is 0 Å². The van der Waals surface area contributed by atoms with E-state index in [0.717, 1.165) is 36.8 Å². The largest absolute Gasteiger partial charge is 0.356 e. The first-order chi connectivity index (χ1) is 12.2. The number of hydrogen-bond donors (Lipinski definition) is 2. The molecule has 3 rings (SSSR count). The molecule has 2 N–H and O–H groups in total. The van der Waals surface area contributed by atoms with Crippen molar-refractivity contribution in [3.8, 4) is 0 Å². The fourth-order valence-electron chi connectivity index (χ4n) is 2.73. The molecule has 1 atom stereocenters. The Morgan fingerprint density at radius 2 is 2.12 bits per heavy atom. The number of nitrogens with one attached hydrogen (secondary N) is 2. The number of hydrogen-bond acceptors (Lipinski definition) is 4. The third kappa shape index (κ3) is 5.41.